The van der Waals surface area contributed by atoms with Gasteiger partial charge in [-0.2, -0.15) is 5.10 Å². The van der Waals surface area contributed by atoms with Crippen molar-refractivity contribution in [2.75, 3.05) is 0 Å². The minimum absolute atomic E-state index is 0.208. The van der Waals surface area contributed by atoms with Crippen LogP contribution >= 0.6 is 23.4 Å². The third kappa shape index (κ3) is 5.50. The Morgan fingerprint density at radius 3 is 2.50 bits per heavy atom. The Labute approximate surface area is 218 Å². The Morgan fingerprint density at radius 2 is 1.69 bits per heavy atom. The SMILES string of the molecule is O=C(NCc1nnc(SCc2ccccc2Cl)n1Cc1ccccc1)c1ccccc1-n1cccn1. The van der Waals surface area contributed by atoms with Crippen molar-refractivity contribution in [3.05, 3.63) is 125 Å². The van der Waals surface area contributed by atoms with E-state index in [9.17, 15) is 4.79 Å². The molecule has 36 heavy (non-hydrogen) atoms. The van der Waals surface area contributed by atoms with E-state index >= 15 is 0 Å². The highest BCUT2D eigenvalue weighted by Crippen LogP contribution is 2.26. The van der Waals surface area contributed by atoms with Crippen LogP contribution in [0.3, 0.4) is 0 Å². The smallest absolute Gasteiger partial charge is 0.253 e. The minimum Gasteiger partial charge on any atom is -0.345 e. The molecule has 0 fully saturated rings. The van der Waals surface area contributed by atoms with Crippen LogP contribution in [-0.2, 0) is 18.8 Å². The van der Waals surface area contributed by atoms with Crippen molar-refractivity contribution >= 4 is 29.3 Å². The third-order valence-corrected chi connectivity index (χ3v) is 6.98. The summed E-state index contributed by atoms with van der Waals surface area (Å²) in [6.07, 6.45) is 3.49. The number of benzene rings is 3. The number of carbonyl (C=O) groups is 1. The van der Waals surface area contributed by atoms with Crippen molar-refractivity contribution in [2.45, 2.75) is 24.0 Å². The first-order chi connectivity index (χ1) is 17.7. The summed E-state index contributed by atoms with van der Waals surface area (Å²) in [5.41, 5.74) is 3.39. The highest BCUT2D eigenvalue weighted by Gasteiger charge is 2.17. The van der Waals surface area contributed by atoms with Gasteiger partial charge >= 0.3 is 0 Å². The molecule has 180 valence electrons. The van der Waals surface area contributed by atoms with Gasteiger partial charge < -0.3 is 9.88 Å². The van der Waals surface area contributed by atoms with Gasteiger partial charge in [0.1, 0.15) is 0 Å². The van der Waals surface area contributed by atoms with E-state index in [1.807, 2.05) is 77.5 Å². The van der Waals surface area contributed by atoms with Crippen LogP contribution in [0.15, 0.2) is 102 Å². The van der Waals surface area contributed by atoms with Crippen molar-refractivity contribution < 1.29 is 4.79 Å². The molecule has 0 aliphatic rings. The Morgan fingerprint density at radius 1 is 0.917 bits per heavy atom. The fraction of sp³-hybridized carbons (Fsp3) is 0.111. The summed E-state index contributed by atoms with van der Waals surface area (Å²) in [5.74, 6) is 1.13. The van der Waals surface area contributed by atoms with Crippen molar-refractivity contribution in [3.8, 4) is 5.69 Å². The molecule has 1 amide bonds. The normalized spacial score (nSPS) is 10.9. The molecule has 0 aliphatic heterocycles. The van der Waals surface area contributed by atoms with Gasteiger partial charge in [0, 0.05) is 23.2 Å². The lowest BCUT2D eigenvalue weighted by Gasteiger charge is -2.13. The van der Waals surface area contributed by atoms with E-state index in [0.717, 1.165) is 21.3 Å². The minimum atomic E-state index is -0.208. The molecular formula is C27H23ClN6OS. The molecule has 0 atom stereocenters. The van der Waals surface area contributed by atoms with Crippen molar-refractivity contribution in [3.63, 3.8) is 0 Å². The number of rotatable bonds is 9. The molecule has 0 spiro atoms. The second-order valence-electron chi connectivity index (χ2n) is 8.00. The summed E-state index contributed by atoms with van der Waals surface area (Å²) in [6, 6.07) is 27.1. The van der Waals surface area contributed by atoms with Crippen LogP contribution in [0.2, 0.25) is 5.02 Å². The van der Waals surface area contributed by atoms with Crippen LogP contribution in [0.25, 0.3) is 5.69 Å². The molecular weight excluding hydrogens is 492 g/mol. The number of nitrogens with one attached hydrogen (secondary N) is 1. The van der Waals surface area contributed by atoms with Crippen molar-refractivity contribution in [2.24, 2.45) is 0 Å². The number of halogens is 1. The topological polar surface area (TPSA) is 77.6 Å². The van der Waals surface area contributed by atoms with Gasteiger partial charge in [-0.3, -0.25) is 4.79 Å². The molecule has 7 nitrogen and oxygen atoms in total. The molecule has 0 unspecified atom stereocenters. The van der Waals surface area contributed by atoms with Crippen LogP contribution < -0.4 is 5.32 Å². The molecule has 5 aromatic rings. The first-order valence-corrected chi connectivity index (χ1v) is 12.7. The molecule has 2 heterocycles. The fourth-order valence-corrected chi connectivity index (χ4v) is 5.01. The zero-order valence-electron chi connectivity index (χ0n) is 19.3. The lowest BCUT2D eigenvalue weighted by molar-refractivity contribution is 0.0949. The molecule has 0 radical (unpaired) electrons. The second-order valence-corrected chi connectivity index (χ2v) is 9.35. The number of aromatic nitrogens is 5. The maximum absolute atomic E-state index is 13.1. The number of para-hydroxylation sites is 1. The summed E-state index contributed by atoms with van der Waals surface area (Å²) < 4.78 is 3.72. The predicted molar refractivity (Wildman–Crippen MR) is 141 cm³/mol. The number of nitrogens with zero attached hydrogens (tertiary/aromatic N) is 5. The fourth-order valence-electron chi connectivity index (χ4n) is 3.77. The molecule has 5 rings (SSSR count). The van der Waals surface area contributed by atoms with Gasteiger partial charge in [-0.05, 0) is 35.4 Å². The van der Waals surface area contributed by atoms with E-state index in [2.05, 4.69) is 32.7 Å². The number of carbonyl (C=O) groups excluding carboxylic acids is 1. The van der Waals surface area contributed by atoms with Gasteiger partial charge in [-0.1, -0.05) is 84.0 Å². The summed E-state index contributed by atoms with van der Waals surface area (Å²) in [5, 5.41) is 17.6. The standard InChI is InChI=1S/C27H23ClN6OS/c28-23-13-6-4-11-21(23)19-36-27-32-31-25(33(27)18-20-9-2-1-3-10-20)17-29-26(35)22-12-5-7-14-24(22)34-16-8-15-30-34/h1-16H,17-19H2,(H,29,35). The molecule has 3 aromatic carbocycles. The van der Waals surface area contributed by atoms with E-state index in [1.165, 1.54) is 0 Å². The van der Waals surface area contributed by atoms with E-state index < -0.39 is 0 Å². The van der Waals surface area contributed by atoms with Gasteiger partial charge in [0.2, 0.25) is 0 Å². The van der Waals surface area contributed by atoms with Crippen LogP contribution in [0, 0.1) is 0 Å². The van der Waals surface area contributed by atoms with Gasteiger partial charge in [-0.15, -0.1) is 10.2 Å². The molecule has 9 heteroatoms. The highest BCUT2D eigenvalue weighted by atomic mass is 35.5. The summed E-state index contributed by atoms with van der Waals surface area (Å²) in [6.45, 7) is 0.826. The van der Waals surface area contributed by atoms with Crippen LogP contribution in [-0.4, -0.2) is 30.5 Å². The van der Waals surface area contributed by atoms with Crippen molar-refractivity contribution in [1.82, 2.24) is 29.9 Å². The number of thioether (sulfide) groups is 1. The van der Waals surface area contributed by atoms with Gasteiger partial charge in [0.15, 0.2) is 11.0 Å². The van der Waals surface area contributed by atoms with E-state index in [-0.39, 0.29) is 12.5 Å². The number of hydrogen-bond donors (Lipinski definition) is 1. The molecule has 0 saturated heterocycles. The first-order valence-electron chi connectivity index (χ1n) is 11.4. The highest BCUT2D eigenvalue weighted by molar-refractivity contribution is 7.98. The van der Waals surface area contributed by atoms with Crippen molar-refractivity contribution in [1.29, 1.82) is 0 Å². The van der Waals surface area contributed by atoms with Gasteiger partial charge in [0.05, 0.1) is 24.3 Å². The van der Waals surface area contributed by atoms with Gasteiger partial charge in [-0.25, -0.2) is 4.68 Å². The molecule has 0 aliphatic carbocycles. The Kier molecular flexibility index (Phi) is 7.44. The summed E-state index contributed by atoms with van der Waals surface area (Å²) in [7, 11) is 0. The van der Waals surface area contributed by atoms with Gasteiger partial charge in [0.25, 0.3) is 5.91 Å². The third-order valence-electron chi connectivity index (χ3n) is 5.60. The zero-order valence-corrected chi connectivity index (χ0v) is 20.9. The lowest BCUT2D eigenvalue weighted by Crippen LogP contribution is -2.26. The van der Waals surface area contributed by atoms with Crippen LogP contribution in [0.4, 0.5) is 0 Å². The second kappa shape index (κ2) is 11.2. The van der Waals surface area contributed by atoms with E-state index in [0.29, 0.717) is 29.4 Å². The Balaban J connectivity index is 1.36. The average molecular weight is 515 g/mol. The van der Waals surface area contributed by atoms with Crippen LogP contribution in [0.5, 0.6) is 0 Å². The largest absolute Gasteiger partial charge is 0.345 e. The van der Waals surface area contributed by atoms with E-state index in [4.69, 9.17) is 11.6 Å². The molecule has 2 aromatic heterocycles. The summed E-state index contributed by atoms with van der Waals surface area (Å²) in [4.78, 5) is 13.1. The Hall–Kier alpha value is -3.88. The number of hydrogen-bond acceptors (Lipinski definition) is 5. The maximum atomic E-state index is 13.1. The Bertz CT molecular complexity index is 1450. The molecule has 0 bridgehead atoms. The van der Waals surface area contributed by atoms with E-state index in [1.54, 1.807) is 28.7 Å². The quantitative estimate of drug-likeness (QED) is 0.267. The monoisotopic (exact) mass is 514 g/mol. The predicted octanol–water partition coefficient (Wildman–Crippen LogP) is 5.39. The molecule has 0 saturated carbocycles. The zero-order chi connectivity index (χ0) is 24.7. The maximum Gasteiger partial charge on any atom is 0.253 e. The lowest BCUT2D eigenvalue weighted by atomic mass is 10.1. The van der Waals surface area contributed by atoms with Crippen LogP contribution in [0.1, 0.15) is 27.3 Å². The number of amides is 1. The summed E-state index contributed by atoms with van der Waals surface area (Å²) >= 11 is 7.91. The first kappa shape index (κ1) is 23.8. The molecule has 1 N–H and O–H groups in total. The average Bonchev–Trinajstić information content (AvgIpc) is 3.58.